The third-order valence-corrected chi connectivity index (χ3v) is 4.66. The Kier molecular flexibility index (Phi) is 4.37. The summed E-state index contributed by atoms with van der Waals surface area (Å²) in [6.07, 6.45) is 5.50. The minimum Gasteiger partial charge on any atom is -0.335 e. The van der Waals surface area contributed by atoms with Gasteiger partial charge < -0.3 is 15.2 Å². The molecular weight excluding hydrogens is 312 g/mol. The molecule has 0 saturated carbocycles. The zero-order valence-corrected chi connectivity index (χ0v) is 14.2. The Labute approximate surface area is 147 Å². The Morgan fingerprint density at radius 1 is 1.04 bits per heavy atom. The molecule has 0 atom stereocenters. The predicted molar refractivity (Wildman–Crippen MR) is 98.2 cm³/mol. The van der Waals surface area contributed by atoms with Crippen molar-refractivity contribution in [3.05, 3.63) is 65.7 Å². The van der Waals surface area contributed by atoms with E-state index in [1.54, 1.807) is 0 Å². The molecule has 5 nitrogen and oxygen atoms in total. The van der Waals surface area contributed by atoms with E-state index in [1.807, 2.05) is 18.2 Å². The number of rotatable bonds is 4. The number of aryl methyl sites for hydroxylation is 2. The van der Waals surface area contributed by atoms with Crippen LogP contribution in [0, 0.1) is 0 Å². The van der Waals surface area contributed by atoms with Crippen molar-refractivity contribution in [3.8, 4) is 0 Å². The molecule has 2 amide bonds. The molecule has 3 aromatic rings. The van der Waals surface area contributed by atoms with E-state index in [0.717, 1.165) is 30.0 Å². The Bertz CT molecular complexity index is 876. The van der Waals surface area contributed by atoms with E-state index in [2.05, 4.69) is 50.6 Å². The van der Waals surface area contributed by atoms with Gasteiger partial charge in [-0.15, -0.1) is 0 Å². The van der Waals surface area contributed by atoms with Crippen LogP contribution in [0.2, 0.25) is 0 Å². The fourth-order valence-electron chi connectivity index (χ4n) is 3.32. The van der Waals surface area contributed by atoms with E-state index in [-0.39, 0.29) is 6.03 Å². The van der Waals surface area contributed by atoms with Gasteiger partial charge in [-0.3, -0.25) is 0 Å². The summed E-state index contributed by atoms with van der Waals surface area (Å²) < 4.78 is 2.20. The maximum Gasteiger partial charge on any atom is 0.315 e. The van der Waals surface area contributed by atoms with Gasteiger partial charge in [0.2, 0.25) is 0 Å². The second-order valence-electron chi connectivity index (χ2n) is 6.52. The van der Waals surface area contributed by atoms with Gasteiger partial charge in [0.15, 0.2) is 0 Å². The largest absolute Gasteiger partial charge is 0.335 e. The van der Waals surface area contributed by atoms with Crippen LogP contribution < -0.4 is 10.6 Å². The number of imidazole rings is 1. The molecule has 5 heteroatoms. The summed E-state index contributed by atoms with van der Waals surface area (Å²) in [7, 11) is 0. The van der Waals surface area contributed by atoms with Crippen molar-refractivity contribution in [1.82, 2.24) is 20.2 Å². The second-order valence-corrected chi connectivity index (χ2v) is 6.52. The fourth-order valence-corrected chi connectivity index (χ4v) is 3.32. The summed E-state index contributed by atoms with van der Waals surface area (Å²) in [5.74, 6) is 1.14. The number of nitrogens with one attached hydrogen (secondary N) is 2. The topological polar surface area (TPSA) is 59.0 Å². The molecule has 0 fully saturated rings. The van der Waals surface area contributed by atoms with Crippen molar-refractivity contribution < 1.29 is 4.79 Å². The Morgan fingerprint density at radius 3 is 2.76 bits per heavy atom. The average Bonchev–Trinajstić information content (AvgIpc) is 3.07. The van der Waals surface area contributed by atoms with Crippen LogP contribution in [-0.4, -0.2) is 15.6 Å². The lowest BCUT2D eigenvalue weighted by atomic mass is 10.1. The molecule has 1 aliphatic heterocycles. The van der Waals surface area contributed by atoms with Crippen LogP contribution in [0.1, 0.15) is 29.9 Å². The number of carbonyl (C=O) groups is 1. The smallest absolute Gasteiger partial charge is 0.315 e. The number of hydrogen-bond donors (Lipinski definition) is 2. The van der Waals surface area contributed by atoms with Crippen LogP contribution in [0.25, 0.3) is 10.8 Å². The summed E-state index contributed by atoms with van der Waals surface area (Å²) in [5, 5.41) is 8.19. The fraction of sp³-hybridized carbons (Fsp3) is 0.300. The molecule has 2 aromatic carbocycles. The third-order valence-electron chi connectivity index (χ3n) is 4.66. The predicted octanol–water partition coefficient (Wildman–Crippen LogP) is 3.37. The lowest BCUT2D eigenvalue weighted by Crippen LogP contribution is -2.34. The van der Waals surface area contributed by atoms with Gasteiger partial charge in [-0.2, -0.15) is 0 Å². The minimum atomic E-state index is -0.167. The molecule has 1 aromatic heterocycles. The van der Waals surface area contributed by atoms with Gasteiger partial charge in [-0.25, -0.2) is 9.78 Å². The first-order valence-corrected chi connectivity index (χ1v) is 8.82. The zero-order chi connectivity index (χ0) is 17.1. The molecule has 25 heavy (non-hydrogen) atoms. The zero-order valence-electron chi connectivity index (χ0n) is 14.2. The molecular formula is C20H22N4O. The first kappa shape index (κ1) is 15.7. The summed E-state index contributed by atoms with van der Waals surface area (Å²) >= 11 is 0. The lowest BCUT2D eigenvalue weighted by molar-refractivity contribution is 0.240. The van der Waals surface area contributed by atoms with E-state index < -0.39 is 0 Å². The maximum absolute atomic E-state index is 12.0. The number of amides is 2. The Hall–Kier alpha value is -2.82. The highest BCUT2D eigenvalue weighted by atomic mass is 16.2. The first-order chi connectivity index (χ1) is 12.3. The van der Waals surface area contributed by atoms with Crippen molar-refractivity contribution in [2.24, 2.45) is 0 Å². The van der Waals surface area contributed by atoms with Gasteiger partial charge in [0.1, 0.15) is 5.82 Å². The van der Waals surface area contributed by atoms with Crippen LogP contribution in [0.15, 0.2) is 48.7 Å². The number of nitrogens with zero attached hydrogens (tertiary/aromatic N) is 2. The minimum absolute atomic E-state index is 0.167. The van der Waals surface area contributed by atoms with Gasteiger partial charge in [0.25, 0.3) is 0 Å². The first-order valence-electron chi connectivity index (χ1n) is 8.82. The molecule has 2 N–H and O–H groups in total. The number of benzene rings is 2. The lowest BCUT2D eigenvalue weighted by Gasteiger charge is -2.11. The van der Waals surface area contributed by atoms with E-state index in [1.165, 1.54) is 23.6 Å². The van der Waals surface area contributed by atoms with Crippen LogP contribution >= 0.6 is 0 Å². The van der Waals surface area contributed by atoms with Crippen LogP contribution in [0.4, 0.5) is 4.79 Å². The van der Waals surface area contributed by atoms with Crippen molar-refractivity contribution in [1.29, 1.82) is 0 Å². The quantitative estimate of drug-likeness (QED) is 0.768. The van der Waals surface area contributed by atoms with E-state index in [0.29, 0.717) is 13.1 Å². The molecule has 0 aliphatic carbocycles. The molecule has 128 valence electrons. The number of hydrogen-bond acceptors (Lipinski definition) is 2. The normalized spacial score (nSPS) is 13.4. The number of carbonyl (C=O) groups excluding carboxylic acids is 1. The van der Waals surface area contributed by atoms with Gasteiger partial charge >= 0.3 is 6.03 Å². The highest BCUT2D eigenvalue weighted by Gasteiger charge is 2.12. The molecule has 0 radical (unpaired) electrons. The van der Waals surface area contributed by atoms with Gasteiger partial charge in [-0.1, -0.05) is 36.4 Å². The molecule has 0 spiro atoms. The molecule has 2 heterocycles. The highest BCUT2D eigenvalue weighted by Crippen LogP contribution is 2.16. The standard InChI is InChI=1S/C20H22N4O/c25-20(22-13-18-14-24-10-4-3-7-19(24)23-18)21-12-15-8-9-16-5-1-2-6-17(16)11-15/h1-2,5-6,8-9,11,14H,3-4,7,10,12-13H2,(H2,21,22,25). The summed E-state index contributed by atoms with van der Waals surface area (Å²) in [6, 6.07) is 14.3. The van der Waals surface area contributed by atoms with Crippen molar-refractivity contribution in [3.63, 3.8) is 0 Å². The second kappa shape index (κ2) is 6.97. The molecule has 0 bridgehead atoms. The van der Waals surface area contributed by atoms with E-state index in [9.17, 15) is 4.79 Å². The van der Waals surface area contributed by atoms with Gasteiger partial charge in [0.05, 0.1) is 12.2 Å². The van der Waals surface area contributed by atoms with Crippen LogP contribution in [0.5, 0.6) is 0 Å². The maximum atomic E-state index is 12.0. The van der Waals surface area contributed by atoms with Crippen LogP contribution in [-0.2, 0) is 26.1 Å². The van der Waals surface area contributed by atoms with Crippen molar-refractivity contribution in [2.45, 2.75) is 38.9 Å². The van der Waals surface area contributed by atoms with Crippen LogP contribution in [0.3, 0.4) is 0 Å². The molecule has 0 unspecified atom stereocenters. The highest BCUT2D eigenvalue weighted by molar-refractivity contribution is 5.83. The van der Waals surface area contributed by atoms with Crippen molar-refractivity contribution >= 4 is 16.8 Å². The molecule has 1 aliphatic rings. The number of fused-ring (bicyclic) bond motifs is 2. The molecule has 0 saturated heterocycles. The Balaban J connectivity index is 1.30. The average molecular weight is 334 g/mol. The number of aromatic nitrogens is 2. The summed E-state index contributed by atoms with van der Waals surface area (Å²) in [6.45, 7) is 2.01. The summed E-state index contributed by atoms with van der Waals surface area (Å²) in [5.41, 5.74) is 2.02. The van der Waals surface area contributed by atoms with E-state index >= 15 is 0 Å². The summed E-state index contributed by atoms with van der Waals surface area (Å²) in [4.78, 5) is 16.6. The van der Waals surface area contributed by atoms with E-state index in [4.69, 9.17) is 0 Å². The Morgan fingerprint density at radius 2 is 1.88 bits per heavy atom. The molecule has 4 rings (SSSR count). The van der Waals surface area contributed by atoms with Crippen molar-refractivity contribution in [2.75, 3.05) is 0 Å². The third kappa shape index (κ3) is 3.65. The monoisotopic (exact) mass is 334 g/mol. The van der Waals surface area contributed by atoms with Gasteiger partial charge in [-0.05, 0) is 35.2 Å². The number of urea groups is 1. The SMILES string of the molecule is O=C(NCc1ccc2ccccc2c1)NCc1cn2c(n1)CCCC2. The van der Waals surface area contributed by atoms with Gasteiger partial charge in [0, 0.05) is 25.7 Å².